The molecule has 12 heteroatoms. The van der Waals surface area contributed by atoms with Crippen molar-refractivity contribution in [1.29, 1.82) is 0 Å². The SMILES string of the molecule is Cc1cnc(C(=O)N2CCC[C@@H](Oc3cnc(C(F)(F)F)cn3)C2)c(-n2nccn2)c1. The molecule has 0 unspecified atom stereocenters. The molecule has 31 heavy (non-hydrogen) atoms. The van der Waals surface area contributed by atoms with Gasteiger partial charge in [-0.05, 0) is 31.4 Å². The summed E-state index contributed by atoms with van der Waals surface area (Å²) in [6.45, 7) is 2.59. The van der Waals surface area contributed by atoms with Gasteiger partial charge in [0.25, 0.3) is 5.91 Å². The van der Waals surface area contributed by atoms with E-state index >= 15 is 0 Å². The second kappa shape index (κ2) is 8.28. The van der Waals surface area contributed by atoms with Crippen LogP contribution in [0.1, 0.15) is 34.6 Å². The molecule has 0 spiro atoms. The summed E-state index contributed by atoms with van der Waals surface area (Å²) in [6, 6.07) is 1.77. The average molecular weight is 433 g/mol. The Morgan fingerprint density at radius 3 is 2.58 bits per heavy atom. The normalized spacial score (nSPS) is 16.9. The third-order valence-corrected chi connectivity index (χ3v) is 4.71. The van der Waals surface area contributed by atoms with Crippen LogP contribution in [0.4, 0.5) is 13.2 Å². The zero-order chi connectivity index (χ0) is 22.0. The van der Waals surface area contributed by atoms with Gasteiger partial charge in [-0.25, -0.2) is 15.0 Å². The smallest absolute Gasteiger partial charge is 0.434 e. The first-order chi connectivity index (χ1) is 14.8. The Morgan fingerprint density at radius 2 is 1.90 bits per heavy atom. The summed E-state index contributed by atoms with van der Waals surface area (Å²) < 4.78 is 43.6. The second-order valence-corrected chi connectivity index (χ2v) is 7.07. The highest BCUT2D eigenvalue weighted by molar-refractivity contribution is 5.95. The molecule has 9 nitrogen and oxygen atoms in total. The molecule has 1 amide bonds. The molecule has 0 saturated carbocycles. The van der Waals surface area contributed by atoms with E-state index in [1.807, 2.05) is 6.92 Å². The first-order valence-corrected chi connectivity index (χ1v) is 9.50. The highest BCUT2D eigenvalue weighted by Gasteiger charge is 2.33. The predicted molar refractivity (Wildman–Crippen MR) is 100 cm³/mol. The van der Waals surface area contributed by atoms with Crippen LogP contribution >= 0.6 is 0 Å². The number of aryl methyl sites for hydroxylation is 1. The maximum Gasteiger partial charge on any atom is 0.434 e. The molecule has 3 aromatic heterocycles. The molecule has 162 valence electrons. The van der Waals surface area contributed by atoms with Crippen LogP contribution < -0.4 is 4.74 Å². The first kappa shape index (κ1) is 20.7. The monoisotopic (exact) mass is 433 g/mol. The molecule has 3 aromatic rings. The minimum absolute atomic E-state index is 0.0257. The molecule has 1 fully saturated rings. The number of halogens is 3. The van der Waals surface area contributed by atoms with E-state index in [-0.39, 0.29) is 24.0 Å². The lowest BCUT2D eigenvalue weighted by atomic mass is 10.1. The van der Waals surface area contributed by atoms with E-state index in [0.717, 1.165) is 11.8 Å². The Kier molecular flexibility index (Phi) is 5.53. The number of hydrogen-bond acceptors (Lipinski definition) is 7. The second-order valence-electron chi connectivity index (χ2n) is 7.07. The van der Waals surface area contributed by atoms with Crippen molar-refractivity contribution >= 4 is 5.91 Å². The number of pyridine rings is 1. The summed E-state index contributed by atoms with van der Waals surface area (Å²) in [5, 5.41) is 8.17. The Balaban J connectivity index is 1.49. The lowest BCUT2D eigenvalue weighted by Crippen LogP contribution is -2.45. The number of ether oxygens (including phenoxy) is 1. The van der Waals surface area contributed by atoms with Gasteiger partial charge < -0.3 is 9.64 Å². The fourth-order valence-electron chi connectivity index (χ4n) is 3.27. The zero-order valence-electron chi connectivity index (χ0n) is 16.5. The van der Waals surface area contributed by atoms with Crippen LogP contribution in [0, 0.1) is 6.92 Å². The van der Waals surface area contributed by atoms with Gasteiger partial charge in [0.15, 0.2) is 11.4 Å². The van der Waals surface area contributed by atoms with E-state index in [9.17, 15) is 18.0 Å². The third kappa shape index (κ3) is 4.62. The largest absolute Gasteiger partial charge is 0.471 e. The summed E-state index contributed by atoms with van der Waals surface area (Å²) >= 11 is 0. The topological polar surface area (TPSA) is 98.9 Å². The molecule has 0 aromatic carbocycles. The number of likely N-dealkylation sites (tertiary alicyclic amines) is 1. The molecule has 1 atom stereocenters. The molecule has 0 N–H and O–H groups in total. The van der Waals surface area contributed by atoms with Gasteiger partial charge in [0.2, 0.25) is 5.88 Å². The maximum atomic E-state index is 13.2. The fourth-order valence-corrected chi connectivity index (χ4v) is 3.27. The van der Waals surface area contributed by atoms with Gasteiger partial charge in [0, 0.05) is 12.7 Å². The number of rotatable bonds is 4. The van der Waals surface area contributed by atoms with Crippen molar-refractivity contribution in [3.63, 3.8) is 0 Å². The Morgan fingerprint density at radius 1 is 1.13 bits per heavy atom. The van der Waals surface area contributed by atoms with Crippen molar-refractivity contribution in [2.45, 2.75) is 32.0 Å². The first-order valence-electron chi connectivity index (χ1n) is 9.50. The van der Waals surface area contributed by atoms with Gasteiger partial charge in [0.1, 0.15) is 11.8 Å². The van der Waals surface area contributed by atoms with Crippen LogP contribution in [0.15, 0.2) is 37.1 Å². The number of hydrogen-bond donors (Lipinski definition) is 0. The van der Waals surface area contributed by atoms with E-state index in [1.165, 1.54) is 17.2 Å². The average Bonchev–Trinajstić information content (AvgIpc) is 3.28. The number of carbonyl (C=O) groups is 1. The molecule has 0 radical (unpaired) electrons. The van der Waals surface area contributed by atoms with Crippen LogP contribution in [-0.2, 0) is 6.18 Å². The Labute approximate surface area is 174 Å². The minimum atomic E-state index is -4.57. The number of alkyl halides is 3. The molecular weight excluding hydrogens is 415 g/mol. The molecule has 1 aliphatic rings. The van der Waals surface area contributed by atoms with Gasteiger partial charge in [-0.2, -0.15) is 23.4 Å². The molecule has 4 rings (SSSR count). The molecule has 4 heterocycles. The van der Waals surface area contributed by atoms with Crippen molar-refractivity contribution < 1.29 is 22.7 Å². The van der Waals surface area contributed by atoms with E-state index < -0.39 is 18.0 Å². The quantitative estimate of drug-likeness (QED) is 0.623. The summed E-state index contributed by atoms with van der Waals surface area (Å²) in [4.78, 5) is 27.4. The van der Waals surface area contributed by atoms with Crippen LogP contribution in [0.3, 0.4) is 0 Å². The number of piperidine rings is 1. The summed E-state index contributed by atoms with van der Waals surface area (Å²) in [7, 11) is 0. The van der Waals surface area contributed by atoms with Crippen LogP contribution in [0.25, 0.3) is 5.69 Å². The fraction of sp³-hybridized carbons (Fsp3) is 0.368. The van der Waals surface area contributed by atoms with Crippen molar-refractivity contribution in [1.82, 2.24) is 34.8 Å². The lowest BCUT2D eigenvalue weighted by molar-refractivity contribution is -0.141. The van der Waals surface area contributed by atoms with Crippen molar-refractivity contribution in [2.24, 2.45) is 0 Å². The van der Waals surface area contributed by atoms with Crippen molar-refractivity contribution in [3.05, 3.63) is 54.0 Å². The van der Waals surface area contributed by atoms with Crippen molar-refractivity contribution in [3.8, 4) is 11.6 Å². The standard InChI is InChI=1S/C19H18F3N7O2/c1-12-7-14(29-26-4-5-27-29)17(25-8-12)18(30)28-6-2-3-13(11-28)31-16-10-23-15(9-24-16)19(20,21)22/h4-5,7-10,13H,2-3,6,11H2,1H3/t13-/m1/s1. The molecule has 0 aliphatic carbocycles. The molecular formula is C19H18F3N7O2. The van der Waals surface area contributed by atoms with E-state index in [1.54, 1.807) is 17.2 Å². The van der Waals surface area contributed by atoms with E-state index in [0.29, 0.717) is 31.3 Å². The summed E-state index contributed by atoms with van der Waals surface area (Å²) in [6.07, 6.45) is 2.46. The molecule has 1 saturated heterocycles. The van der Waals surface area contributed by atoms with Gasteiger partial charge in [-0.3, -0.25) is 4.79 Å². The van der Waals surface area contributed by atoms with E-state index in [2.05, 4.69) is 25.1 Å². The van der Waals surface area contributed by atoms with Gasteiger partial charge in [-0.1, -0.05) is 0 Å². The molecule has 1 aliphatic heterocycles. The lowest BCUT2D eigenvalue weighted by Gasteiger charge is -2.32. The van der Waals surface area contributed by atoms with Gasteiger partial charge in [0.05, 0.1) is 31.3 Å². The van der Waals surface area contributed by atoms with Crippen LogP contribution in [0.2, 0.25) is 0 Å². The number of carbonyl (C=O) groups excluding carboxylic acids is 1. The van der Waals surface area contributed by atoms with E-state index in [4.69, 9.17) is 4.74 Å². The Hall–Kier alpha value is -3.57. The Bertz CT molecular complexity index is 1060. The van der Waals surface area contributed by atoms with Crippen LogP contribution in [0.5, 0.6) is 5.88 Å². The van der Waals surface area contributed by atoms with Crippen molar-refractivity contribution in [2.75, 3.05) is 13.1 Å². The van der Waals surface area contributed by atoms with Crippen LogP contribution in [-0.4, -0.2) is 59.9 Å². The summed E-state index contributed by atoms with van der Waals surface area (Å²) in [5.41, 5.74) is 0.429. The highest BCUT2D eigenvalue weighted by atomic mass is 19.4. The minimum Gasteiger partial charge on any atom is -0.471 e. The predicted octanol–water partition coefficient (Wildman–Crippen LogP) is 2.46. The summed E-state index contributed by atoms with van der Waals surface area (Å²) in [5.74, 6) is -0.332. The zero-order valence-corrected chi connectivity index (χ0v) is 16.5. The number of amides is 1. The highest BCUT2D eigenvalue weighted by Crippen LogP contribution is 2.27. The molecule has 0 bridgehead atoms. The number of nitrogens with zero attached hydrogens (tertiary/aromatic N) is 7. The third-order valence-electron chi connectivity index (χ3n) is 4.71. The van der Waals surface area contributed by atoms with Gasteiger partial charge in [-0.15, -0.1) is 4.80 Å². The number of aromatic nitrogens is 6. The maximum absolute atomic E-state index is 13.2. The van der Waals surface area contributed by atoms with Gasteiger partial charge >= 0.3 is 6.18 Å².